The third-order valence-electron chi connectivity index (χ3n) is 5.58. The van der Waals surface area contributed by atoms with Gasteiger partial charge in [-0.25, -0.2) is 14.2 Å². The van der Waals surface area contributed by atoms with E-state index in [0.717, 1.165) is 0 Å². The Morgan fingerprint density at radius 1 is 1.18 bits per heavy atom. The summed E-state index contributed by atoms with van der Waals surface area (Å²) in [6, 6.07) is 10.1. The predicted molar refractivity (Wildman–Crippen MR) is 123 cm³/mol. The third kappa shape index (κ3) is 4.84. The summed E-state index contributed by atoms with van der Waals surface area (Å²) in [5.41, 5.74) is 0.824. The van der Waals surface area contributed by atoms with Gasteiger partial charge in [0.1, 0.15) is 11.9 Å². The molecule has 1 aromatic heterocycles. The van der Waals surface area contributed by atoms with E-state index in [1.165, 1.54) is 18.1 Å². The highest BCUT2D eigenvalue weighted by Crippen LogP contribution is 2.26. The number of anilines is 2. The molecule has 2 atom stereocenters. The molecule has 10 heteroatoms. The molecule has 3 amide bonds. The molecule has 8 nitrogen and oxygen atoms in total. The van der Waals surface area contributed by atoms with E-state index in [0.29, 0.717) is 16.5 Å². The highest BCUT2D eigenvalue weighted by molar-refractivity contribution is 6.30. The van der Waals surface area contributed by atoms with Crippen LogP contribution in [0.25, 0.3) is 5.69 Å². The molecule has 0 aliphatic carbocycles. The van der Waals surface area contributed by atoms with Gasteiger partial charge in [0.05, 0.1) is 17.5 Å². The standard InChI is InChI=1S/C23H23ClFN5O3/c1-14-26-10-11-29(14)19-5-3-4-18(21(19)25)28-22(31)20-12-17(33-2)13-30(20)23(32)27-16-8-6-15(24)7-9-16/h3-11,17,20H,12-13H2,1-2H3,(H,27,32)(H,28,31)/t17-,20-/m1/s1. The van der Waals surface area contributed by atoms with Crippen LogP contribution in [0.3, 0.4) is 0 Å². The molecule has 2 heterocycles. The maximum atomic E-state index is 15.2. The minimum absolute atomic E-state index is 0.0181. The summed E-state index contributed by atoms with van der Waals surface area (Å²) in [5, 5.41) is 5.93. The lowest BCUT2D eigenvalue weighted by molar-refractivity contribution is -0.119. The summed E-state index contributed by atoms with van der Waals surface area (Å²) >= 11 is 5.89. The maximum absolute atomic E-state index is 15.2. The van der Waals surface area contributed by atoms with E-state index in [2.05, 4.69) is 15.6 Å². The van der Waals surface area contributed by atoms with Crippen LogP contribution < -0.4 is 10.6 Å². The van der Waals surface area contributed by atoms with Crippen LogP contribution in [0.1, 0.15) is 12.2 Å². The summed E-state index contributed by atoms with van der Waals surface area (Å²) in [7, 11) is 1.52. The summed E-state index contributed by atoms with van der Waals surface area (Å²) in [5.74, 6) is -0.481. The number of nitrogens with one attached hydrogen (secondary N) is 2. The zero-order valence-electron chi connectivity index (χ0n) is 18.1. The molecule has 4 rings (SSSR count). The Hall–Kier alpha value is -3.43. The molecule has 33 heavy (non-hydrogen) atoms. The molecule has 0 bridgehead atoms. The number of benzene rings is 2. The summed E-state index contributed by atoms with van der Waals surface area (Å²) in [6.45, 7) is 1.98. The van der Waals surface area contributed by atoms with Crippen LogP contribution >= 0.6 is 11.6 Å². The van der Waals surface area contributed by atoms with E-state index in [-0.39, 0.29) is 30.4 Å². The van der Waals surface area contributed by atoms with Crippen molar-refractivity contribution in [3.05, 3.63) is 71.5 Å². The SMILES string of the molecule is CO[C@@H]1C[C@H](C(=O)Nc2cccc(-n3ccnc3C)c2F)N(C(=O)Nc2ccc(Cl)cc2)C1. The van der Waals surface area contributed by atoms with Crippen molar-refractivity contribution >= 4 is 34.9 Å². The molecule has 0 unspecified atom stereocenters. The van der Waals surface area contributed by atoms with Crippen molar-refractivity contribution < 1.29 is 18.7 Å². The number of hydrogen-bond donors (Lipinski definition) is 2. The molecule has 0 spiro atoms. The number of methoxy groups -OCH3 is 1. The first-order valence-corrected chi connectivity index (χ1v) is 10.7. The van der Waals surface area contributed by atoms with Crippen LogP contribution in [0.5, 0.6) is 0 Å². The number of halogens is 2. The Kier molecular flexibility index (Phi) is 6.62. The fraction of sp³-hybridized carbons (Fsp3) is 0.261. The van der Waals surface area contributed by atoms with Crippen LogP contribution in [0.4, 0.5) is 20.6 Å². The lowest BCUT2D eigenvalue weighted by Gasteiger charge is -2.24. The molecular formula is C23H23ClFN5O3. The number of urea groups is 1. The van der Waals surface area contributed by atoms with Crippen molar-refractivity contribution in [1.82, 2.24) is 14.5 Å². The van der Waals surface area contributed by atoms with Crippen molar-refractivity contribution in [2.75, 3.05) is 24.3 Å². The molecule has 2 aromatic carbocycles. The average molecular weight is 472 g/mol. The number of carbonyl (C=O) groups excluding carboxylic acids is 2. The first-order chi connectivity index (χ1) is 15.9. The zero-order chi connectivity index (χ0) is 23.5. The van der Waals surface area contributed by atoms with Crippen LogP contribution in [0, 0.1) is 12.7 Å². The lowest BCUT2D eigenvalue weighted by atomic mass is 10.1. The van der Waals surface area contributed by atoms with Gasteiger partial charge in [0.25, 0.3) is 0 Å². The summed E-state index contributed by atoms with van der Waals surface area (Å²) in [4.78, 5) is 31.5. The van der Waals surface area contributed by atoms with Crippen LogP contribution in [0.2, 0.25) is 5.02 Å². The van der Waals surface area contributed by atoms with Gasteiger partial charge in [-0.3, -0.25) is 4.79 Å². The zero-order valence-corrected chi connectivity index (χ0v) is 18.8. The number of likely N-dealkylation sites (tertiary alicyclic amines) is 1. The topological polar surface area (TPSA) is 88.5 Å². The molecule has 1 aliphatic heterocycles. The van der Waals surface area contributed by atoms with Crippen molar-refractivity contribution in [3.63, 3.8) is 0 Å². The lowest BCUT2D eigenvalue weighted by Crippen LogP contribution is -2.45. The van der Waals surface area contributed by atoms with E-state index in [1.54, 1.807) is 60.3 Å². The van der Waals surface area contributed by atoms with Gasteiger partial charge in [-0.05, 0) is 43.3 Å². The first-order valence-electron chi connectivity index (χ1n) is 10.3. The number of carbonyl (C=O) groups is 2. The van der Waals surface area contributed by atoms with Crippen molar-refractivity contribution in [2.45, 2.75) is 25.5 Å². The van der Waals surface area contributed by atoms with Gasteiger partial charge in [0.15, 0.2) is 5.82 Å². The Labute approximate surface area is 195 Å². The molecular weight excluding hydrogens is 449 g/mol. The number of imidazole rings is 1. The van der Waals surface area contributed by atoms with Gasteiger partial charge < -0.3 is 24.8 Å². The second kappa shape index (κ2) is 9.60. The first kappa shape index (κ1) is 22.8. The largest absolute Gasteiger partial charge is 0.380 e. The van der Waals surface area contributed by atoms with E-state index in [1.807, 2.05) is 0 Å². The fourth-order valence-corrected chi connectivity index (χ4v) is 3.95. The Morgan fingerprint density at radius 3 is 2.61 bits per heavy atom. The molecule has 0 radical (unpaired) electrons. The highest BCUT2D eigenvalue weighted by Gasteiger charge is 2.40. The molecule has 1 fully saturated rings. The van der Waals surface area contributed by atoms with Gasteiger partial charge >= 0.3 is 6.03 Å². The second-order valence-corrected chi connectivity index (χ2v) is 8.11. The number of aromatic nitrogens is 2. The van der Waals surface area contributed by atoms with Crippen LogP contribution in [0.15, 0.2) is 54.9 Å². The van der Waals surface area contributed by atoms with E-state index >= 15 is 4.39 Å². The molecule has 3 aromatic rings. The molecule has 1 saturated heterocycles. The number of amides is 3. The molecule has 0 saturated carbocycles. The van der Waals surface area contributed by atoms with Crippen LogP contribution in [-0.4, -0.2) is 52.2 Å². The Bertz CT molecular complexity index is 1170. The maximum Gasteiger partial charge on any atom is 0.322 e. The summed E-state index contributed by atoms with van der Waals surface area (Å²) in [6.07, 6.45) is 3.18. The minimum atomic E-state index is -0.833. The van der Waals surface area contributed by atoms with E-state index in [4.69, 9.17) is 16.3 Å². The van der Waals surface area contributed by atoms with Gasteiger partial charge in [-0.15, -0.1) is 0 Å². The molecule has 2 N–H and O–H groups in total. The van der Waals surface area contributed by atoms with E-state index in [9.17, 15) is 9.59 Å². The number of ether oxygens (including phenoxy) is 1. The minimum Gasteiger partial charge on any atom is -0.380 e. The highest BCUT2D eigenvalue weighted by atomic mass is 35.5. The Balaban J connectivity index is 1.53. The van der Waals surface area contributed by atoms with Crippen molar-refractivity contribution in [1.29, 1.82) is 0 Å². The number of aryl methyl sites for hydroxylation is 1. The average Bonchev–Trinajstić information content (AvgIpc) is 3.43. The smallest absolute Gasteiger partial charge is 0.322 e. The second-order valence-electron chi connectivity index (χ2n) is 7.67. The normalized spacial score (nSPS) is 17.8. The Morgan fingerprint density at radius 2 is 1.94 bits per heavy atom. The quantitative estimate of drug-likeness (QED) is 0.582. The monoisotopic (exact) mass is 471 g/mol. The predicted octanol–water partition coefficient (Wildman–Crippen LogP) is 4.23. The van der Waals surface area contributed by atoms with E-state index < -0.39 is 23.8 Å². The molecule has 1 aliphatic rings. The van der Waals surface area contributed by atoms with Gasteiger partial charge in [-0.1, -0.05) is 17.7 Å². The van der Waals surface area contributed by atoms with Crippen LogP contribution in [-0.2, 0) is 9.53 Å². The number of hydrogen-bond acceptors (Lipinski definition) is 4. The van der Waals surface area contributed by atoms with Crippen molar-refractivity contribution in [2.24, 2.45) is 0 Å². The number of rotatable bonds is 5. The third-order valence-corrected chi connectivity index (χ3v) is 5.83. The number of nitrogens with zero attached hydrogens (tertiary/aromatic N) is 3. The fourth-order valence-electron chi connectivity index (χ4n) is 3.82. The summed E-state index contributed by atoms with van der Waals surface area (Å²) < 4.78 is 22.2. The van der Waals surface area contributed by atoms with Gasteiger partial charge in [0, 0.05) is 43.2 Å². The van der Waals surface area contributed by atoms with Gasteiger partial charge in [-0.2, -0.15) is 0 Å². The van der Waals surface area contributed by atoms with Crippen molar-refractivity contribution in [3.8, 4) is 5.69 Å². The van der Waals surface area contributed by atoms with Gasteiger partial charge in [0.2, 0.25) is 5.91 Å². The molecule has 172 valence electrons.